The van der Waals surface area contributed by atoms with Gasteiger partial charge in [0.25, 0.3) is 0 Å². The number of esters is 1. The van der Waals surface area contributed by atoms with Crippen molar-refractivity contribution in [3.63, 3.8) is 0 Å². The second-order valence-corrected chi connectivity index (χ2v) is 11.8. The zero-order chi connectivity index (χ0) is 20.5. The number of carbonyl (C=O) groups is 1. The maximum absolute atomic E-state index is 11.2. The maximum Gasteiger partial charge on any atom is 0.302 e. The molecule has 1 saturated heterocycles. The van der Waals surface area contributed by atoms with Gasteiger partial charge in [-0.1, -0.05) is 64.7 Å². The lowest BCUT2D eigenvalue weighted by atomic mass is 10.1. The van der Waals surface area contributed by atoms with Gasteiger partial charge in [-0.15, -0.1) is 23.5 Å². The molecule has 0 N–H and O–H groups in total. The maximum atomic E-state index is 11.2. The Morgan fingerprint density at radius 2 is 1.50 bits per heavy atom. The highest BCUT2D eigenvalue weighted by atomic mass is 32.2. The predicted molar refractivity (Wildman–Crippen MR) is 125 cm³/mol. The topological polar surface area (TPSA) is 35.5 Å². The summed E-state index contributed by atoms with van der Waals surface area (Å²) in [6.07, 6.45) is 15.8. The van der Waals surface area contributed by atoms with E-state index in [2.05, 4.69) is 37.4 Å². The summed E-state index contributed by atoms with van der Waals surface area (Å²) in [6.45, 7) is 8.14. The van der Waals surface area contributed by atoms with E-state index in [1.165, 1.54) is 82.6 Å². The Balaban J connectivity index is 2.09. The van der Waals surface area contributed by atoms with Gasteiger partial charge in [-0.2, -0.15) is 0 Å². The molecular formula is C23H44O3S2. The number of thioether (sulfide) groups is 2. The van der Waals surface area contributed by atoms with Crippen LogP contribution in [0.4, 0.5) is 0 Å². The van der Waals surface area contributed by atoms with Crippen molar-refractivity contribution < 1.29 is 14.3 Å². The van der Waals surface area contributed by atoms with Crippen LogP contribution in [-0.4, -0.2) is 41.4 Å². The normalized spacial score (nSPS) is 17.4. The number of hydrogen-bond donors (Lipinski definition) is 0. The summed E-state index contributed by atoms with van der Waals surface area (Å²) in [4.78, 5) is 11.2. The quantitative estimate of drug-likeness (QED) is 0.181. The fraction of sp³-hybridized carbons (Fsp3) is 0.957. The highest BCUT2D eigenvalue weighted by Crippen LogP contribution is 2.46. The smallest absolute Gasteiger partial charge is 0.302 e. The molecule has 0 aromatic carbocycles. The third-order valence-electron chi connectivity index (χ3n) is 5.28. The second kappa shape index (κ2) is 16.9. The highest BCUT2D eigenvalue weighted by Gasteiger charge is 2.32. The van der Waals surface area contributed by atoms with Gasteiger partial charge in [-0.05, 0) is 37.7 Å². The van der Waals surface area contributed by atoms with Crippen molar-refractivity contribution in [1.29, 1.82) is 0 Å². The molecule has 3 nitrogen and oxygen atoms in total. The van der Waals surface area contributed by atoms with Gasteiger partial charge in [0, 0.05) is 19.4 Å². The van der Waals surface area contributed by atoms with E-state index in [1.807, 2.05) is 0 Å². The Hall–Kier alpha value is 0.130. The van der Waals surface area contributed by atoms with Gasteiger partial charge in [0.2, 0.25) is 0 Å². The van der Waals surface area contributed by atoms with E-state index in [1.54, 1.807) is 0 Å². The third kappa shape index (κ3) is 14.2. The molecule has 0 spiro atoms. The fourth-order valence-corrected chi connectivity index (χ4v) is 6.83. The standard InChI is InChI=1S/C23H44O3S2/c1-4-5-6-7-8-9-10-11-12-13-15-25-19-22(20-26-21(2)24)18-23(3)27-16-14-17-28-23/h22H,4-20H2,1-3H3/t22-/m0/s1. The molecule has 0 radical (unpaired) electrons. The van der Waals surface area contributed by atoms with Gasteiger partial charge < -0.3 is 9.47 Å². The van der Waals surface area contributed by atoms with Gasteiger partial charge >= 0.3 is 5.97 Å². The molecule has 5 heteroatoms. The molecule has 0 bridgehead atoms. The van der Waals surface area contributed by atoms with Crippen molar-refractivity contribution in [2.75, 3.05) is 31.3 Å². The molecule has 0 saturated carbocycles. The molecule has 1 aliphatic heterocycles. The van der Waals surface area contributed by atoms with E-state index in [-0.39, 0.29) is 10.0 Å². The molecule has 1 atom stereocenters. The van der Waals surface area contributed by atoms with Crippen molar-refractivity contribution in [2.24, 2.45) is 5.92 Å². The van der Waals surface area contributed by atoms with Crippen LogP contribution >= 0.6 is 23.5 Å². The molecule has 1 heterocycles. The zero-order valence-corrected chi connectivity index (χ0v) is 20.3. The molecule has 166 valence electrons. The number of unbranched alkanes of at least 4 members (excludes halogenated alkanes) is 9. The van der Waals surface area contributed by atoms with E-state index in [0.717, 1.165) is 19.4 Å². The van der Waals surface area contributed by atoms with Crippen molar-refractivity contribution in [3.8, 4) is 0 Å². The van der Waals surface area contributed by atoms with Crippen molar-refractivity contribution in [1.82, 2.24) is 0 Å². The van der Waals surface area contributed by atoms with E-state index in [4.69, 9.17) is 9.47 Å². The first kappa shape index (κ1) is 26.2. The average molecular weight is 433 g/mol. The Kier molecular flexibility index (Phi) is 15.8. The van der Waals surface area contributed by atoms with Crippen LogP contribution in [0.5, 0.6) is 0 Å². The average Bonchev–Trinajstić information content (AvgIpc) is 2.67. The fourth-order valence-electron chi connectivity index (χ4n) is 3.66. The van der Waals surface area contributed by atoms with E-state index in [9.17, 15) is 4.79 Å². The molecule has 0 amide bonds. The van der Waals surface area contributed by atoms with Gasteiger partial charge in [-0.3, -0.25) is 4.79 Å². The lowest BCUT2D eigenvalue weighted by Crippen LogP contribution is -2.29. The van der Waals surface area contributed by atoms with E-state index < -0.39 is 0 Å². The summed E-state index contributed by atoms with van der Waals surface area (Å²) in [6, 6.07) is 0. The first-order valence-corrected chi connectivity index (χ1v) is 13.5. The SMILES string of the molecule is CCCCCCCCCCCCOC[C@@H](COC(C)=O)CC1(C)SCCCS1. The van der Waals surface area contributed by atoms with Crippen LogP contribution in [-0.2, 0) is 14.3 Å². The number of hydrogen-bond acceptors (Lipinski definition) is 5. The molecule has 0 aliphatic carbocycles. The lowest BCUT2D eigenvalue weighted by molar-refractivity contribution is -0.143. The molecule has 1 fully saturated rings. The highest BCUT2D eigenvalue weighted by molar-refractivity contribution is 8.18. The first-order valence-electron chi connectivity index (χ1n) is 11.5. The van der Waals surface area contributed by atoms with Crippen molar-refractivity contribution in [2.45, 2.75) is 102 Å². The van der Waals surface area contributed by atoms with Crippen LogP contribution in [0.25, 0.3) is 0 Å². The Bertz CT molecular complexity index is 384. The van der Waals surface area contributed by atoms with E-state index in [0.29, 0.717) is 19.1 Å². The molecule has 0 aromatic rings. The Morgan fingerprint density at radius 1 is 0.929 bits per heavy atom. The molecule has 1 aliphatic rings. The van der Waals surface area contributed by atoms with Crippen LogP contribution in [0.3, 0.4) is 0 Å². The van der Waals surface area contributed by atoms with Gasteiger partial charge in [0.05, 0.1) is 17.3 Å². The van der Waals surface area contributed by atoms with Gasteiger partial charge in [0.15, 0.2) is 0 Å². The molecule has 28 heavy (non-hydrogen) atoms. The first-order chi connectivity index (χ1) is 13.6. The number of rotatable bonds is 17. The summed E-state index contributed by atoms with van der Waals surface area (Å²) in [5, 5.41) is 0. The largest absolute Gasteiger partial charge is 0.465 e. The number of ether oxygens (including phenoxy) is 2. The van der Waals surface area contributed by atoms with Crippen LogP contribution in [0.15, 0.2) is 0 Å². The van der Waals surface area contributed by atoms with E-state index >= 15 is 0 Å². The zero-order valence-electron chi connectivity index (χ0n) is 18.6. The minimum Gasteiger partial charge on any atom is -0.465 e. The monoisotopic (exact) mass is 432 g/mol. The molecule has 1 rings (SSSR count). The summed E-state index contributed by atoms with van der Waals surface area (Å²) in [7, 11) is 0. The van der Waals surface area contributed by atoms with Crippen molar-refractivity contribution >= 4 is 29.5 Å². The van der Waals surface area contributed by atoms with Crippen LogP contribution < -0.4 is 0 Å². The Morgan fingerprint density at radius 3 is 2.07 bits per heavy atom. The minimum atomic E-state index is -0.186. The van der Waals surface area contributed by atoms with Crippen LogP contribution in [0.2, 0.25) is 0 Å². The molecule has 0 aromatic heterocycles. The van der Waals surface area contributed by atoms with Crippen LogP contribution in [0.1, 0.15) is 97.8 Å². The summed E-state index contributed by atoms with van der Waals surface area (Å²) >= 11 is 4.11. The number of carbonyl (C=O) groups excluding carboxylic acids is 1. The molecular weight excluding hydrogens is 388 g/mol. The summed E-state index contributed by atoms with van der Waals surface area (Å²) in [5.74, 6) is 2.59. The predicted octanol–water partition coefficient (Wildman–Crippen LogP) is 7.08. The Labute approximate surface area is 182 Å². The minimum absolute atomic E-state index is 0.186. The molecule has 0 unspecified atom stereocenters. The summed E-state index contributed by atoms with van der Waals surface area (Å²) in [5.41, 5.74) is 0. The van der Waals surface area contributed by atoms with Crippen molar-refractivity contribution in [3.05, 3.63) is 0 Å². The summed E-state index contributed by atoms with van der Waals surface area (Å²) < 4.78 is 11.5. The van der Waals surface area contributed by atoms with Gasteiger partial charge in [-0.25, -0.2) is 0 Å². The third-order valence-corrected chi connectivity index (χ3v) is 8.53. The second-order valence-electron chi connectivity index (χ2n) is 8.31. The van der Waals surface area contributed by atoms with Gasteiger partial charge in [0.1, 0.15) is 0 Å². The van der Waals surface area contributed by atoms with Crippen LogP contribution in [0, 0.1) is 5.92 Å². The lowest BCUT2D eigenvalue weighted by Gasteiger charge is -2.35.